The van der Waals surface area contributed by atoms with Crippen molar-refractivity contribution in [2.75, 3.05) is 18.5 Å². The third-order valence-electron chi connectivity index (χ3n) is 5.77. The molecule has 0 fully saturated rings. The second-order valence-electron chi connectivity index (χ2n) is 8.46. The molecule has 1 aromatic heterocycles. The molecule has 2 aromatic rings. The van der Waals surface area contributed by atoms with Gasteiger partial charge in [0, 0.05) is 24.6 Å². The minimum absolute atomic E-state index is 0.148. The van der Waals surface area contributed by atoms with Gasteiger partial charge in [-0.2, -0.15) is 0 Å². The van der Waals surface area contributed by atoms with Gasteiger partial charge in [-0.05, 0) is 67.3 Å². The maximum absolute atomic E-state index is 12.0. The van der Waals surface area contributed by atoms with Crippen LogP contribution in [0.25, 0.3) is 0 Å². The minimum Gasteiger partial charge on any atom is -0.450 e. The maximum atomic E-state index is 12.0. The van der Waals surface area contributed by atoms with Gasteiger partial charge in [0.05, 0.1) is 11.5 Å². The minimum atomic E-state index is -3.81. The van der Waals surface area contributed by atoms with E-state index < -0.39 is 10.0 Å². The Labute approximate surface area is 195 Å². The van der Waals surface area contributed by atoms with Crippen molar-refractivity contribution < 1.29 is 17.9 Å². The third-order valence-corrected chi connectivity index (χ3v) is 6.78. The number of aryl methyl sites for hydroxylation is 1. The van der Waals surface area contributed by atoms with Crippen molar-refractivity contribution in [3.63, 3.8) is 0 Å². The Morgan fingerprint density at radius 3 is 2.55 bits per heavy atom. The summed E-state index contributed by atoms with van der Waals surface area (Å²) in [5.41, 5.74) is 2.39. The first-order chi connectivity index (χ1) is 15.8. The molecule has 1 amide bonds. The van der Waals surface area contributed by atoms with Crippen molar-refractivity contribution in [3.05, 3.63) is 41.7 Å². The van der Waals surface area contributed by atoms with Crippen molar-refractivity contribution in [2.24, 2.45) is 5.14 Å². The predicted octanol–water partition coefficient (Wildman–Crippen LogP) is 3.98. The first-order valence-corrected chi connectivity index (χ1v) is 13.0. The van der Waals surface area contributed by atoms with Crippen molar-refractivity contribution >= 4 is 27.8 Å². The number of nitrogens with one attached hydrogen (secondary N) is 2. The second-order valence-corrected chi connectivity index (χ2v) is 9.99. The fourth-order valence-corrected chi connectivity index (χ4v) is 4.63. The summed E-state index contributed by atoms with van der Waals surface area (Å²) in [6.07, 6.45) is 10.0. The SMILES string of the molecule is C[C@H]1CCCOC(=O)NCCCCCCCc2cc(ccc2S(N)(=O)=O)Nc2ncc1cn2. The van der Waals surface area contributed by atoms with Crippen LogP contribution in [0.15, 0.2) is 35.5 Å². The number of fused-ring (bicyclic) bond motifs is 15. The van der Waals surface area contributed by atoms with Gasteiger partial charge in [-0.15, -0.1) is 0 Å². The molecule has 0 unspecified atom stereocenters. The fourth-order valence-electron chi connectivity index (χ4n) is 3.85. The lowest BCUT2D eigenvalue weighted by molar-refractivity contribution is 0.143. The number of anilines is 2. The molecule has 1 atom stereocenters. The molecule has 0 saturated heterocycles. The van der Waals surface area contributed by atoms with Crippen molar-refractivity contribution in [1.29, 1.82) is 0 Å². The van der Waals surface area contributed by atoms with E-state index in [-0.39, 0.29) is 16.9 Å². The fraction of sp³-hybridized carbons (Fsp3) is 0.522. The summed E-state index contributed by atoms with van der Waals surface area (Å²) in [5, 5.41) is 11.4. The predicted molar refractivity (Wildman–Crippen MR) is 127 cm³/mol. The first-order valence-electron chi connectivity index (χ1n) is 11.5. The number of nitrogens with two attached hydrogens (primary N) is 1. The number of nitrogens with zero attached hydrogens (tertiary/aromatic N) is 2. The molecule has 3 heterocycles. The first kappa shape index (κ1) is 24.9. The summed E-state index contributed by atoms with van der Waals surface area (Å²) in [6.45, 7) is 3.05. The van der Waals surface area contributed by atoms with Gasteiger partial charge in [-0.1, -0.05) is 26.2 Å². The number of alkyl carbamates (subject to hydrolysis) is 1. The van der Waals surface area contributed by atoms with E-state index in [1.165, 1.54) is 6.07 Å². The normalized spacial score (nSPS) is 19.3. The highest BCUT2D eigenvalue weighted by atomic mass is 32.2. The van der Waals surface area contributed by atoms with Gasteiger partial charge in [-0.25, -0.2) is 28.3 Å². The quantitative estimate of drug-likeness (QED) is 0.567. The lowest BCUT2D eigenvalue weighted by Gasteiger charge is -2.14. The number of aromatic nitrogens is 2. The molecule has 0 aliphatic carbocycles. The van der Waals surface area contributed by atoms with Crippen LogP contribution < -0.4 is 15.8 Å². The Bertz CT molecular complexity index is 1030. The highest BCUT2D eigenvalue weighted by Gasteiger charge is 2.15. The van der Waals surface area contributed by atoms with Crippen LogP contribution in [0.5, 0.6) is 0 Å². The average Bonchev–Trinajstić information content (AvgIpc) is 2.77. The lowest BCUT2D eigenvalue weighted by atomic mass is 9.99. The van der Waals surface area contributed by atoms with Crippen molar-refractivity contribution in [3.8, 4) is 0 Å². The van der Waals surface area contributed by atoms with E-state index in [0.717, 1.165) is 50.5 Å². The summed E-state index contributed by atoms with van der Waals surface area (Å²) >= 11 is 0. The number of carbonyl (C=O) groups excluding carboxylic acids is 1. The Hall–Kier alpha value is -2.72. The van der Waals surface area contributed by atoms with Crippen LogP contribution in [0.3, 0.4) is 0 Å². The van der Waals surface area contributed by atoms with Crippen LogP contribution in [-0.4, -0.2) is 37.6 Å². The Kier molecular flexibility index (Phi) is 9.02. The molecule has 4 N–H and O–H groups in total. The van der Waals surface area contributed by atoms with Crippen molar-refractivity contribution in [1.82, 2.24) is 15.3 Å². The van der Waals surface area contributed by atoms with Gasteiger partial charge in [-0.3, -0.25) is 0 Å². The smallest absolute Gasteiger partial charge is 0.407 e. The number of hydrogen-bond acceptors (Lipinski definition) is 7. The van der Waals surface area contributed by atoms with E-state index >= 15 is 0 Å². The van der Waals surface area contributed by atoms with Gasteiger partial charge in [0.25, 0.3) is 0 Å². The van der Waals surface area contributed by atoms with E-state index in [0.29, 0.717) is 36.8 Å². The molecule has 0 saturated carbocycles. The number of hydrogen-bond donors (Lipinski definition) is 3. The van der Waals surface area contributed by atoms with Crippen LogP contribution in [0.2, 0.25) is 0 Å². The molecule has 0 radical (unpaired) electrons. The number of amides is 1. The van der Waals surface area contributed by atoms with Crippen LogP contribution in [0.4, 0.5) is 16.4 Å². The molecular formula is C23H33N5O4S. The zero-order valence-corrected chi connectivity index (χ0v) is 19.9. The molecule has 180 valence electrons. The Balaban J connectivity index is 1.76. The van der Waals surface area contributed by atoms with Crippen molar-refractivity contribution in [2.45, 2.75) is 69.1 Å². The Morgan fingerprint density at radius 1 is 1.06 bits per heavy atom. The number of ether oxygens (including phenoxy) is 1. The summed E-state index contributed by atoms with van der Waals surface area (Å²) in [7, 11) is -3.81. The lowest BCUT2D eigenvalue weighted by Crippen LogP contribution is -2.25. The molecule has 2 aliphatic rings. The number of primary sulfonamides is 1. The zero-order valence-electron chi connectivity index (χ0n) is 19.0. The summed E-state index contributed by atoms with van der Waals surface area (Å²) in [6, 6.07) is 5.02. The van der Waals surface area contributed by atoms with E-state index in [1.54, 1.807) is 24.5 Å². The van der Waals surface area contributed by atoms with E-state index in [1.807, 2.05) is 0 Å². The van der Waals surface area contributed by atoms with Crippen LogP contribution >= 0.6 is 0 Å². The molecule has 10 heteroatoms. The number of carbonyl (C=O) groups is 1. The summed E-state index contributed by atoms with van der Waals surface area (Å²) in [5.74, 6) is 0.659. The second kappa shape index (κ2) is 11.9. The standard InChI is InChI=1S/C23H33N5O4S/c1-17-8-7-13-32-23(29)25-12-6-4-2-3-5-9-18-14-20(10-11-21(18)33(24,30)31)28-22-26-15-19(17)16-27-22/h10-11,14-17H,2-9,12-13H2,1H3,(H,25,29)(H2,24,30,31)(H,26,27,28)/t17-/m0/s1. The molecule has 33 heavy (non-hydrogen) atoms. The zero-order chi connectivity index (χ0) is 23.7. The van der Waals surface area contributed by atoms with Crippen LogP contribution in [-0.2, 0) is 21.2 Å². The monoisotopic (exact) mass is 475 g/mol. The van der Waals surface area contributed by atoms with Gasteiger partial charge in [0.1, 0.15) is 0 Å². The van der Waals surface area contributed by atoms with E-state index in [9.17, 15) is 13.2 Å². The number of benzene rings is 1. The number of rotatable bonds is 1. The summed E-state index contributed by atoms with van der Waals surface area (Å²) in [4.78, 5) is 20.7. The largest absolute Gasteiger partial charge is 0.450 e. The van der Waals surface area contributed by atoms with Crippen LogP contribution in [0, 0.1) is 0 Å². The molecular weight excluding hydrogens is 442 g/mol. The highest BCUT2D eigenvalue weighted by Crippen LogP contribution is 2.24. The molecule has 4 bridgehead atoms. The third kappa shape index (κ3) is 7.97. The highest BCUT2D eigenvalue weighted by molar-refractivity contribution is 7.89. The van der Waals surface area contributed by atoms with E-state index in [4.69, 9.17) is 9.88 Å². The average molecular weight is 476 g/mol. The molecule has 1 aromatic carbocycles. The summed E-state index contributed by atoms with van der Waals surface area (Å²) < 4.78 is 29.3. The van der Waals surface area contributed by atoms with E-state index in [2.05, 4.69) is 27.5 Å². The maximum Gasteiger partial charge on any atom is 0.407 e. The van der Waals surface area contributed by atoms with Gasteiger partial charge >= 0.3 is 6.09 Å². The van der Waals surface area contributed by atoms with Gasteiger partial charge in [0.2, 0.25) is 16.0 Å². The molecule has 9 nitrogen and oxygen atoms in total. The van der Waals surface area contributed by atoms with Gasteiger partial charge in [0.15, 0.2) is 0 Å². The number of sulfonamides is 1. The molecule has 4 rings (SSSR count). The Morgan fingerprint density at radius 2 is 1.79 bits per heavy atom. The molecule has 0 spiro atoms. The van der Waals surface area contributed by atoms with Crippen LogP contribution in [0.1, 0.15) is 68.9 Å². The van der Waals surface area contributed by atoms with Gasteiger partial charge < -0.3 is 15.4 Å². The topological polar surface area (TPSA) is 136 Å². The molecule has 2 aliphatic heterocycles.